The standard InChI is InChI=1S/C14H18O3/c1-11(15)17-14(2)8-9-16-13(10-14)12-6-4-3-5-7-12/h3-7,13H,8-10H2,1-2H3/t13-,14-/m0/s1. The highest BCUT2D eigenvalue weighted by Gasteiger charge is 2.36. The molecule has 1 aromatic carbocycles. The summed E-state index contributed by atoms with van der Waals surface area (Å²) < 4.78 is 11.2. The van der Waals surface area contributed by atoms with Gasteiger partial charge >= 0.3 is 5.97 Å². The predicted octanol–water partition coefficient (Wildman–Crippen LogP) is 2.86. The zero-order valence-electron chi connectivity index (χ0n) is 10.3. The van der Waals surface area contributed by atoms with E-state index in [9.17, 15) is 4.79 Å². The van der Waals surface area contributed by atoms with E-state index in [0.717, 1.165) is 18.4 Å². The normalized spacial score (nSPS) is 28.7. The van der Waals surface area contributed by atoms with Crippen LogP contribution in [0.3, 0.4) is 0 Å². The molecular weight excluding hydrogens is 216 g/mol. The molecule has 1 aromatic rings. The molecule has 1 saturated heterocycles. The third kappa shape index (κ3) is 3.07. The fourth-order valence-corrected chi connectivity index (χ4v) is 2.29. The molecule has 2 atom stereocenters. The molecule has 17 heavy (non-hydrogen) atoms. The van der Waals surface area contributed by atoms with Gasteiger partial charge in [-0.25, -0.2) is 0 Å². The second kappa shape index (κ2) is 4.88. The van der Waals surface area contributed by atoms with Gasteiger partial charge in [0.25, 0.3) is 0 Å². The van der Waals surface area contributed by atoms with Crippen molar-refractivity contribution in [3.05, 3.63) is 35.9 Å². The molecule has 1 fully saturated rings. The first-order chi connectivity index (χ1) is 8.09. The Labute approximate surface area is 102 Å². The van der Waals surface area contributed by atoms with Crippen molar-refractivity contribution in [1.29, 1.82) is 0 Å². The Kier molecular flexibility index (Phi) is 3.48. The monoisotopic (exact) mass is 234 g/mol. The summed E-state index contributed by atoms with van der Waals surface area (Å²) in [5, 5.41) is 0. The second-order valence-corrected chi connectivity index (χ2v) is 4.77. The summed E-state index contributed by atoms with van der Waals surface area (Å²) in [6.07, 6.45) is 1.50. The van der Waals surface area contributed by atoms with Crippen molar-refractivity contribution in [2.24, 2.45) is 0 Å². The van der Waals surface area contributed by atoms with Gasteiger partial charge in [-0.15, -0.1) is 0 Å². The Morgan fingerprint density at radius 3 is 2.76 bits per heavy atom. The van der Waals surface area contributed by atoms with Gasteiger partial charge in [0.2, 0.25) is 0 Å². The summed E-state index contributed by atoms with van der Waals surface area (Å²) in [5.41, 5.74) is 0.746. The molecule has 0 radical (unpaired) electrons. The average Bonchev–Trinajstić information content (AvgIpc) is 2.28. The van der Waals surface area contributed by atoms with Crippen LogP contribution >= 0.6 is 0 Å². The first-order valence-corrected chi connectivity index (χ1v) is 5.95. The zero-order valence-corrected chi connectivity index (χ0v) is 10.3. The van der Waals surface area contributed by atoms with Gasteiger partial charge in [-0.3, -0.25) is 4.79 Å². The maximum Gasteiger partial charge on any atom is 0.303 e. The molecule has 1 heterocycles. The lowest BCUT2D eigenvalue weighted by Gasteiger charge is -2.37. The van der Waals surface area contributed by atoms with Gasteiger partial charge in [0.15, 0.2) is 0 Å². The largest absolute Gasteiger partial charge is 0.459 e. The van der Waals surface area contributed by atoms with Gasteiger partial charge < -0.3 is 9.47 Å². The maximum absolute atomic E-state index is 11.1. The molecule has 3 heteroatoms. The summed E-state index contributed by atoms with van der Waals surface area (Å²) in [4.78, 5) is 11.1. The molecule has 0 amide bonds. The topological polar surface area (TPSA) is 35.5 Å². The summed E-state index contributed by atoms with van der Waals surface area (Å²) in [7, 11) is 0. The van der Waals surface area contributed by atoms with Crippen molar-refractivity contribution >= 4 is 5.97 Å². The fraction of sp³-hybridized carbons (Fsp3) is 0.500. The molecule has 3 nitrogen and oxygen atoms in total. The van der Waals surface area contributed by atoms with Gasteiger partial charge in [0.05, 0.1) is 12.7 Å². The number of carbonyl (C=O) groups is 1. The van der Waals surface area contributed by atoms with E-state index in [1.807, 2.05) is 37.3 Å². The minimum atomic E-state index is -0.398. The van der Waals surface area contributed by atoms with Gasteiger partial charge in [-0.2, -0.15) is 0 Å². The third-order valence-electron chi connectivity index (χ3n) is 3.13. The Balaban J connectivity index is 2.09. The fourth-order valence-electron chi connectivity index (χ4n) is 2.29. The van der Waals surface area contributed by atoms with E-state index in [-0.39, 0.29) is 12.1 Å². The van der Waals surface area contributed by atoms with Crippen LogP contribution in [-0.4, -0.2) is 18.2 Å². The second-order valence-electron chi connectivity index (χ2n) is 4.77. The average molecular weight is 234 g/mol. The highest BCUT2D eigenvalue weighted by atomic mass is 16.6. The van der Waals surface area contributed by atoms with Crippen LogP contribution in [0.25, 0.3) is 0 Å². The molecule has 0 aromatic heterocycles. The number of carbonyl (C=O) groups excluding carboxylic acids is 1. The van der Waals surface area contributed by atoms with Gasteiger partial charge in [0, 0.05) is 19.8 Å². The first-order valence-electron chi connectivity index (χ1n) is 5.95. The highest BCUT2D eigenvalue weighted by Crippen LogP contribution is 2.36. The molecular formula is C14H18O3. The van der Waals surface area contributed by atoms with Crippen LogP contribution in [0.1, 0.15) is 38.4 Å². The predicted molar refractivity (Wildman–Crippen MR) is 64.5 cm³/mol. The van der Waals surface area contributed by atoms with Crippen molar-refractivity contribution in [3.8, 4) is 0 Å². The number of hydrogen-bond donors (Lipinski definition) is 0. The highest BCUT2D eigenvalue weighted by molar-refractivity contribution is 5.66. The molecule has 0 saturated carbocycles. The van der Waals surface area contributed by atoms with E-state index in [4.69, 9.17) is 9.47 Å². The van der Waals surface area contributed by atoms with E-state index in [0.29, 0.717) is 6.61 Å². The molecule has 92 valence electrons. The van der Waals surface area contributed by atoms with E-state index in [1.165, 1.54) is 6.92 Å². The van der Waals surface area contributed by atoms with Crippen molar-refractivity contribution in [2.75, 3.05) is 6.61 Å². The summed E-state index contributed by atoms with van der Waals surface area (Å²) >= 11 is 0. The molecule has 1 aliphatic heterocycles. The van der Waals surface area contributed by atoms with Crippen LogP contribution in [-0.2, 0) is 14.3 Å². The van der Waals surface area contributed by atoms with Crippen LogP contribution in [0.5, 0.6) is 0 Å². The lowest BCUT2D eigenvalue weighted by molar-refractivity contribution is -0.170. The lowest BCUT2D eigenvalue weighted by atomic mass is 9.89. The van der Waals surface area contributed by atoms with Crippen molar-refractivity contribution in [1.82, 2.24) is 0 Å². The maximum atomic E-state index is 11.1. The van der Waals surface area contributed by atoms with Crippen LogP contribution in [0.4, 0.5) is 0 Å². The molecule has 0 bridgehead atoms. The van der Waals surface area contributed by atoms with Crippen molar-refractivity contribution in [2.45, 2.75) is 38.4 Å². The summed E-state index contributed by atoms with van der Waals surface area (Å²) in [6, 6.07) is 10.1. The van der Waals surface area contributed by atoms with Gasteiger partial charge in [-0.05, 0) is 12.5 Å². The van der Waals surface area contributed by atoms with Crippen LogP contribution in [0, 0.1) is 0 Å². The van der Waals surface area contributed by atoms with E-state index >= 15 is 0 Å². The first kappa shape index (κ1) is 12.1. The number of ether oxygens (including phenoxy) is 2. The van der Waals surface area contributed by atoms with Gasteiger partial charge in [-0.1, -0.05) is 30.3 Å². The van der Waals surface area contributed by atoms with Crippen LogP contribution in [0.2, 0.25) is 0 Å². The number of rotatable bonds is 2. The van der Waals surface area contributed by atoms with Crippen molar-refractivity contribution in [3.63, 3.8) is 0 Å². The minimum absolute atomic E-state index is 0.0225. The molecule has 2 rings (SSSR count). The minimum Gasteiger partial charge on any atom is -0.459 e. The van der Waals surface area contributed by atoms with E-state index in [2.05, 4.69) is 0 Å². The van der Waals surface area contributed by atoms with E-state index in [1.54, 1.807) is 0 Å². The number of hydrogen-bond acceptors (Lipinski definition) is 3. The van der Waals surface area contributed by atoms with Crippen LogP contribution < -0.4 is 0 Å². The quantitative estimate of drug-likeness (QED) is 0.738. The summed E-state index contributed by atoms with van der Waals surface area (Å²) in [5.74, 6) is -0.221. The van der Waals surface area contributed by atoms with Gasteiger partial charge in [0.1, 0.15) is 5.60 Å². The Bertz CT molecular complexity index is 388. The number of benzene rings is 1. The summed E-state index contributed by atoms with van der Waals surface area (Å²) in [6.45, 7) is 4.06. The zero-order chi connectivity index (χ0) is 12.3. The van der Waals surface area contributed by atoms with Crippen LogP contribution in [0.15, 0.2) is 30.3 Å². The van der Waals surface area contributed by atoms with Crippen molar-refractivity contribution < 1.29 is 14.3 Å². The number of esters is 1. The smallest absolute Gasteiger partial charge is 0.303 e. The molecule has 0 aliphatic carbocycles. The molecule has 0 N–H and O–H groups in total. The molecule has 0 unspecified atom stereocenters. The molecule has 1 aliphatic rings. The third-order valence-corrected chi connectivity index (χ3v) is 3.13. The SMILES string of the molecule is CC(=O)O[C@@]1(C)CCO[C@H](c2ccccc2)C1. The molecule has 0 spiro atoms. The Hall–Kier alpha value is -1.35. The lowest BCUT2D eigenvalue weighted by Crippen LogP contribution is -2.38. The Morgan fingerprint density at radius 1 is 1.41 bits per heavy atom. The Morgan fingerprint density at radius 2 is 2.12 bits per heavy atom. The van der Waals surface area contributed by atoms with E-state index < -0.39 is 5.60 Å².